The van der Waals surface area contributed by atoms with Gasteiger partial charge in [0.2, 0.25) is 5.91 Å². The lowest BCUT2D eigenvalue weighted by Gasteiger charge is -2.29. The second kappa shape index (κ2) is 7.14. The lowest BCUT2D eigenvalue weighted by Crippen LogP contribution is -2.49. The van der Waals surface area contributed by atoms with Crippen LogP contribution in [0.3, 0.4) is 0 Å². The normalized spacial score (nSPS) is 28.8. The number of nitrogens with zero attached hydrogens (tertiary/aromatic N) is 1. The Morgan fingerprint density at radius 2 is 1.92 bits per heavy atom. The van der Waals surface area contributed by atoms with Gasteiger partial charge in [0.25, 0.3) is 10.0 Å². The topological polar surface area (TPSA) is 66.5 Å². The summed E-state index contributed by atoms with van der Waals surface area (Å²) in [6.45, 7) is 4.56. The van der Waals surface area contributed by atoms with Crippen LogP contribution in [0.25, 0.3) is 0 Å². The highest BCUT2D eigenvalue weighted by atomic mass is 32.2. The number of carbonyl (C=O) groups is 1. The van der Waals surface area contributed by atoms with Crippen LogP contribution in [0, 0.1) is 12.8 Å². The van der Waals surface area contributed by atoms with E-state index < -0.39 is 16.1 Å². The molecule has 1 atom stereocenters. The molecule has 0 aromatic carbocycles. The van der Waals surface area contributed by atoms with Gasteiger partial charge in [0, 0.05) is 17.5 Å². The Morgan fingerprint density at radius 1 is 1.21 bits per heavy atom. The number of carbonyl (C=O) groups excluding carboxylic acids is 1. The Bertz CT molecular complexity index is 690. The molecule has 0 radical (unpaired) electrons. The first kappa shape index (κ1) is 17.9. The van der Waals surface area contributed by atoms with Crippen molar-refractivity contribution < 1.29 is 13.2 Å². The van der Waals surface area contributed by atoms with Crippen molar-refractivity contribution in [3.05, 3.63) is 17.0 Å². The number of nitrogens with one attached hydrogen (secondary N) is 1. The third-order valence-electron chi connectivity index (χ3n) is 5.15. The van der Waals surface area contributed by atoms with Crippen LogP contribution >= 0.6 is 11.3 Å². The van der Waals surface area contributed by atoms with Gasteiger partial charge >= 0.3 is 0 Å². The summed E-state index contributed by atoms with van der Waals surface area (Å²) in [5.74, 6) is 0.604. The van der Waals surface area contributed by atoms with Crippen LogP contribution in [0.15, 0.2) is 16.3 Å². The maximum absolute atomic E-state index is 12.9. The number of hydrogen-bond acceptors (Lipinski definition) is 4. The molecule has 24 heavy (non-hydrogen) atoms. The van der Waals surface area contributed by atoms with Gasteiger partial charge in [0.15, 0.2) is 0 Å². The summed E-state index contributed by atoms with van der Waals surface area (Å²) in [6.07, 6.45) is 5.60. The van der Waals surface area contributed by atoms with E-state index in [0.717, 1.165) is 42.9 Å². The average Bonchev–Trinajstić information content (AvgIpc) is 3.19. The van der Waals surface area contributed by atoms with Gasteiger partial charge in [-0.05, 0) is 63.5 Å². The molecule has 1 aliphatic heterocycles. The van der Waals surface area contributed by atoms with Gasteiger partial charge in [-0.15, -0.1) is 11.3 Å². The van der Waals surface area contributed by atoms with E-state index in [1.165, 1.54) is 15.6 Å². The monoisotopic (exact) mass is 370 g/mol. The van der Waals surface area contributed by atoms with Crippen LogP contribution in [0.2, 0.25) is 0 Å². The summed E-state index contributed by atoms with van der Waals surface area (Å²) in [5, 5.41) is 3.10. The van der Waals surface area contributed by atoms with Crippen molar-refractivity contribution in [3.63, 3.8) is 0 Å². The summed E-state index contributed by atoms with van der Waals surface area (Å²) in [5.41, 5.74) is 0. The minimum atomic E-state index is -3.57. The van der Waals surface area contributed by atoms with Gasteiger partial charge in [-0.3, -0.25) is 4.79 Å². The summed E-state index contributed by atoms with van der Waals surface area (Å²) < 4.78 is 27.4. The number of aryl methyl sites for hydroxylation is 1. The zero-order valence-electron chi connectivity index (χ0n) is 14.3. The number of thiophene rings is 1. The molecule has 0 spiro atoms. The first-order valence-electron chi connectivity index (χ1n) is 8.76. The molecule has 1 unspecified atom stereocenters. The summed E-state index contributed by atoms with van der Waals surface area (Å²) in [4.78, 5) is 13.6. The molecule has 1 saturated carbocycles. The lowest BCUT2D eigenvalue weighted by molar-refractivity contribution is -0.125. The molecule has 2 fully saturated rings. The second-order valence-electron chi connectivity index (χ2n) is 7.10. The van der Waals surface area contributed by atoms with E-state index in [1.54, 1.807) is 6.07 Å². The summed E-state index contributed by atoms with van der Waals surface area (Å²) >= 11 is 1.27. The number of amides is 1. The van der Waals surface area contributed by atoms with Crippen molar-refractivity contribution in [1.82, 2.24) is 9.62 Å². The highest BCUT2D eigenvalue weighted by molar-refractivity contribution is 7.91. The van der Waals surface area contributed by atoms with E-state index in [0.29, 0.717) is 17.2 Å². The van der Waals surface area contributed by atoms with E-state index in [2.05, 4.69) is 12.2 Å². The van der Waals surface area contributed by atoms with Gasteiger partial charge in [-0.25, -0.2) is 8.42 Å². The van der Waals surface area contributed by atoms with Gasteiger partial charge in [-0.1, -0.05) is 6.92 Å². The number of sulfonamides is 1. The molecule has 1 saturated heterocycles. The van der Waals surface area contributed by atoms with Gasteiger partial charge in [-0.2, -0.15) is 4.31 Å². The molecule has 1 aromatic rings. The SMILES string of the molecule is Cc1ccc(S(=O)(=O)N2CCCC2C(=O)NC2CCC(C)CC2)s1. The van der Waals surface area contributed by atoms with E-state index in [1.807, 2.05) is 13.0 Å². The summed E-state index contributed by atoms with van der Waals surface area (Å²) in [6, 6.07) is 3.09. The van der Waals surface area contributed by atoms with Crippen molar-refractivity contribution in [1.29, 1.82) is 0 Å². The van der Waals surface area contributed by atoms with Crippen molar-refractivity contribution in [2.45, 2.75) is 68.7 Å². The van der Waals surface area contributed by atoms with Crippen LogP contribution in [0.4, 0.5) is 0 Å². The molecule has 2 aliphatic rings. The maximum Gasteiger partial charge on any atom is 0.253 e. The quantitative estimate of drug-likeness (QED) is 0.886. The van der Waals surface area contributed by atoms with E-state index in [-0.39, 0.29) is 11.9 Å². The van der Waals surface area contributed by atoms with E-state index >= 15 is 0 Å². The molecular weight excluding hydrogens is 344 g/mol. The third kappa shape index (κ3) is 3.68. The standard InChI is InChI=1S/C17H26N2O3S2/c1-12-5-8-14(9-6-12)18-17(20)15-4-3-11-19(15)24(21,22)16-10-7-13(2)23-16/h7,10,12,14-15H,3-6,8-9,11H2,1-2H3,(H,18,20). The van der Waals surface area contributed by atoms with Crippen molar-refractivity contribution >= 4 is 27.3 Å². The molecule has 3 rings (SSSR count). The first-order chi connectivity index (χ1) is 11.4. The molecule has 134 valence electrons. The Morgan fingerprint density at radius 3 is 2.54 bits per heavy atom. The van der Waals surface area contributed by atoms with Gasteiger partial charge < -0.3 is 5.32 Å². The molecule has 1 aromatic heterocycles. The van der Waals surface area contributed by atoms with Crippen LogP contribution < -0.4 is 5.32 Å². The summed E-state index contributed by atoms with van der Waals surface area (Å²) in [7, 11) is -3.57. The van der Waals surface area contributed by atoms with Crippen molar-refractivity contribution in [2.75, 3.05) is 6.54 Å². The largest absolute Gasteiger partial charge is 0.352 e. The molecule has 7 heteroatoms. The smallest absolute Gasteiger partial charge is 0.253 e. The predicted molar refractivity (Wildman–Crippen MR) is 95.5 cm³/mol. The highest BCUT2D eigenvalue weighted by Crippen LogP contribution is 2.31. The van der Waals surface area contributed by atoms with Crippen molar-refractivity contribution in [2.24, 2.45) is 5.92 Å². The minimum absolute atomic E-state index is 0.121. The van der Waals surface area contributed by atoms with Gasteiger partial charge in [0.05, 0.1) is 0 Å². The predicted octanol–water partition coefficient (Wildman–Crippen LogP) is 2.90. The fraction of sp³-hybridized carbons (Fsp3) is 0.706. The molecule has 5 nitrogen and oxygen atoms in total. The third-order valence-corrected chi connectivity index (χ3v) is 8.52. The maximum atomic E-state index is 12.9. The Balaban J connectivity index is 1.69. The van der Waals surface area contributed by atoms with Crippen LogP contribution in [-0.2, 0) is 14.8 Å². The number of rotatable bonds is 4. The first-order valence-corrected chi connectivity index (χ1v) is 11.0. The van der Waals surface area contributed by atoms with E-state index in [4.69, 9.17) is 0 Å². The molecule has 1 N–H and O–H groups in total. The Labute approximate surface area is 148 Å². The molecule has 1 amide bonds. The minimum Gasteiger partial charge on any atom is -0.352 e. The Hall–Kier alpha value is -0.920. The fourth-order valence-corrected chi connectivity index (χ4v) is 6.73. The van der Waals surface area contributed by atoms with Crippen LogP contribution in [-0.4, -0.2) is 37.3 Å². The highest BCUT2D eigenvalue weighted by Gasteiger charge is 2.40. The zero-order chi connectivity index (χ0) is 17.3. The molecule has 0 bridgehead atoms. The Kier molecular flexibility index (Phi) is 5.32. The van der Waals surface area contributed by atoms with E-state index in [9.17, 15) is 13.2 Å². The molecular formula is C17H26N2O3S2. The molecule has 1 aliphatic carbocycles. The van der Waals surface area contributed by atoms with Crippen LogP contribution in [0.1, 0.15) is 50.3 Å². The van der Waals surface area contributed by atoms with Crippen LogP contribution in [0.5, 0.6) is 0 Å². The average molecular weight is 371 g/mol. The number of hydrogen-bond donors (Lipinski definition) is 1. The fourth-order valence-electron chi connectivity index (χ4n) is 3.66. The second-order valence-corrected chi connectivity index (χ2v) is 10.5. The molecule has 2 heterocycles. The van der Waals surface area contributed by atoms with Crippen molar-refractivity contribution in [3.8, 4) is 0 Å². The lowest BCUT2D eigenvalue weighted by atomic mass is 9.87. The zero-order valence-corrected chi connectivity index (χ0v) is 16.0. The van der Waals surface area contributed by atoms with Gasteiger partial charge in [0.1, 0.15) is 10.3 Å².